The van der Waals surface area contributed by atoms with E-state index in [9.17, 15) is 0 Å². The van der Waals surface area contributed by atoms with Gasteiger partial charge in [-0.15, -0.1) is 0 Å². The molecule has 0 aliphatic heterocycles. The van der Waals surface area contributed by atoms with Gasteiger partial charge in [-0.05, 0) is 19.6 Å². The molecule has 4 heteroatoms. The number of rotatable bonds is 1. The molecule has 1 rings (SSSR count). The summed E-state index contributed by atoms with van der Waals surface area (Å²) in [6.45, 7) is 6.86. The van der Waals surface area contributed by atoms with Crippen LogP contribution in [-0.2, 0) is 0 Å². The van der Waals surface area contributed by atoms with Gasteiger partial charge in [0.25, 0.3) is 0 Å². The molecule has 0 N–H and O–H groups in total. The average molecular weight is 158 g/mol. The van der Waals surface area contributed by atoms with Gasteiger partial charge in [0.05, 0.1) is 6.20 Å². The summed E-state index contributed by atoms with van der Waals surface area (Å²) in [5.74, 6) is 2.07. The minimum absolute atomic E-state index is 1.13. The SMILES string of the molecule is C[Si](C)(C)n1nccp1. The Morgan fingerprint density at radius 3 is 2.33 bits per heavy atom. The minimum atomic E-state index is -1.13. The van der Waals surface area contributed by atoms with E-state index in [0.29, 0.717) is 0 Å². The monoisotopic (exact) mass is 158 g/mol. The van der Waals surface area contributed by atoms with E-state index in [4.69, 9.17) is 0 Å². The average Bonchev–Trinajstić information content (AvgIpc) is 2.08. The first-order valence-electron chi connectivity index (χ1n) is 2.97. The van der Waals surface area contributed by atoms with E-state index >= 15 is 0 Å². The van der Waals surface area contributed by atoms with E-state index < -0.39 is 8.24 Å². The molecule has 0 amide bonds. The van der Waals surface area contributed by atoms with Gasteiger partial charge in [-0.3, -0.25) is 4.11 Å². The van der Waals surface area contributed by atoms with Gasteiger partial charge < -0.3 is 0 Å². The maximum atomic E-state index is 4.21. The molecule has 1 aromatic heterocycles. The third kappa shape index (κ3) is 1.63. The second-order valence-electron chi connectivity index (χ2n) is 2.99. The van der Waals surface area contributed by atoms with Crippen LogP contribution in [0.1, 0.15) is 0 Å². The van der Waals surface area contributed by atoms with Gasteiger partial charge in [-0.1, -0.05) is 0 Å². The van der Waals surface area contributed by atoms with Crippen molar-refractivity contribution in [2.75, 3.05) is 0 Å². The fraction of sp³-hybridized carbons (Fsp3) is 0.600. The van der Waals surface area contributed by atoms with Crippen molar-refractivity contribution < 1.29 is 0 Å². The summed E-state index contributed by atoms with van der Waals surface area (Å²) in [4.78, 5) is 0. The highest BCUT2D eigenvalue weighted by atomic mass is 31.0. The molecule has 1 heterocycles. The summed E-state index contributed by atoms with van der Waals surface area (Å²) in [5.41, 5.74) is 0. The fourth-order valence-electron chi connectivity index (χ4n) is 0.562. The summed E-state index contributed by atoms with van der Waals surface area (Å²) in [6, 6.07) is 0. The van der Waals surface area contributed by atoms with E-state index in [2.05, 4.69) is 34.6 Å². The van der Waals surface area contributed by atoms with Gasteiger partial charge in [0, 0.05) is 14.1 Å². The van der Waals surface area contributed by atoms with Crippen LogP contribution < -0.4 is 0 Å². The molecule has 1 aromatic rings. The molecule has 2 nitrogen and oxygen atoms in total. The number of nitrogens with zero attached hydrogens (tertiary/aromatic N) is 2. The van der Waals surface area contributed by atoms with Gasteiger partial charge >= 0.3 is 0 Å². The van der Waals surface area contributed by atoms with Gasteiger partial charge in [0.15, 0.2) is 8.24 Å². The Morgan fingerprint density at radius 2 is 2.11 bits per heavy atom. The molecule has 0 aliphatic rings. The van der Waals surface area contributed by atoms with Crippen molar-refractivity contribution in [3.8, 4) is 0 Å². The van der Waals surface area contributed by atoms with Crippen LogP contribution in [0.25, 0.3) is 0 Å². The van der Waals surface area contributed by atoms with Crippen molar-refractivity contribution in [1.82, 2.24) is 9.21 Å². The lowest BCUT2D eigenvalue weighted by Crippen LogP contribution is -2.30. The van der Waals surface area contributed by atoms with Crippen molar-refractivity contribution in [3.63, 3.8) is 0 Å². The highest BCUT2D eigenvalue weighted by Crippen LogP contribution is 2.11. The van der Waals surface area contributed by atoms with Gasteiger partial charge in [0.1, 0.15) is 0 Å². The zero-order chi connectivity index (χ0) is 6.91. The maximum Gasteiger partial charge on any atom is 0.181 e. The molecule has 0 bridgehead atoms. The van der Waals surface area contributed by atoms with Gasteiger partial charge in [0.2, 0.25) is 0 Å². The van der Waals surface area contributed by atoms with Crippen molar-refractivity contribution in [1.29, 1.82) is 0 Å². The van der Waals surface area contributed by atoms with Crippen LogP contribution in [0.5, 0.6) is 0 Å². The smallest absolute Gasteiger partial charge is 0.181 e. The van der Waals surface area contributed by atoms with Crippen LogP contribution in [0.2, 0.25) is 19.6 Å². The Balaban J connectivity index is 2.90. The normalized spacial score (nSPS) is 12.8. The maximum absolute atomic E-state index is 4.21. The molecule has 50 valence electrons. The molecule has 0 atom stereocenters. The Labute approximate surface area is 58.2 Å². The Hall–Kier alpha value is -0.143. The fourth-order valence-corrected chi connectivity index (χ4v) is 2.93. The molecule has 0 spiro atoms. The molecular weight excluding hydrogens is 147 g/mol. The summed E-state index contributed by atoms with van der Waals surface area (Å²) in [5, 5.41) is 4.21. The molecule has 0 unspecified atom stereocenters. The summed E-state index contributed by atoms with van der Waals surface area (Å²) >= 11 is 0. The number of hydrogen-bond acceptors (Lipinski definition) is 1. The van der Waals surface area contributed by atoms with Gasteiger partial charge in [-0.25, -0.2) is 0 Å². The lowest BCUT2D eigenvalue weighted by molar-refractivity contribution is 1.01. The number of hydrogen-bond donors (Lipinski definition) is 0. The molecule has 9 heavy (non-hydrogen) atoms. The first-order chi connectivity index (χ1) is 4.11. The second-order valence-corrected chi connectivity index (χ2v) is 9.04. The molecule has 0 aromatic carbocycles. The van der Waals surface area contributed by atoms with Crippen molar-refractivity contribution in [2.45, 2.75) is 19.6 Å². The van der Waals surface area contributed by atoms with Crippen LogP contribution in [-0.4, -0.2) is 17.4 Å². The summed E-state index contributed by atoms with van der Waals surface area (Å²) in [7, 11) is 0.116. The lowest BCUT2D eigenvalue weighted by atomic mass is 11.1. The van der Waals surface area contributed by atoms with Crippen molar-refractivity contribution in [2.24, 2.45) is 0 Å². The first kappa shape index (κ1) is 6.97. The summed E-state index contributed by atoms with van der Waals surface area (Å²) < 4.78 is 2.17. The Kier molecular flexibility index (Phi) is 1.73. The predicted molar refractivity (Wildman–Crippen MR) is 43.5 cm³/mol. The standard InChI is InChI=1S/C5H11N2PSi/c1-9(2,3)7-6-4-5-8-7/h4-5H,1-3H3. The lowest BCUT2D eigenvalue weighted by Gasteiger charge is -2.14. The first-order valence-corrected chi connectivity index (χ1v) is 7.34. The minimum Gasteiger partial charge on any atom is -0.278 e. The third-order valence-corrected chi connectivity index (χ3v) is 5.07. The van der Waals surface area contributed by atoms with E-state index in [1.165, 1.54) is 8.35 Å². The topological polar surface area (TPSA) is 17.8 Å². The largest absolute Gasteiger partial charge is 0.278 e. The van der Waals surface area contributed by atoms with Crippen LogP contribution >= 0.6 is 8.35 Å². The predicted octanol–water partition coefficient (Wildman–Crippen LogP) is 2.15. The summed E-state index contributed by atoms with van der Waals surface area (Å²) in [6.07, 6.45) is 1.87. The van der Waals surface area contributed by atoms with Crippen LogP contribution in [0.4, 0.5) is 0 Å². The molecule has 0 radical (unpaired) electrons. The van der Waals surface area contributed by atoms with E-state index in [-0.39, 0.29) is 0 Å². The van der Waals surface area contributed by atoms with E-state index in [0.717, 1.165) is 0 Å². The van der Waals surface area contributed by atoms with Crippen LogP contribution in [0.15, 0.2) is 12.0 Å². The molecular formula is C5H11N2PSi. The Morgan fingerprint density at radius 1 is 1.44 bits per heavy atom. The highest BCUT2D eigenvalue weighted by Gasteiger charge is 2.15. The number of aromatic nitrogens is 2. The van der Waals surface area contributed by atoms with Gasteiger partial charge in [-0.2, -0.15) is 5.10 Å². The molecule has 0 saturated heterocycles. The van der Waals surface area contributed by atoms with Crippen LogP contribution in [0, 0.1) is 0 Å². The van der Waals surface area contributed by atoms with E-state index in [1.54, 1.807) is 0 Å². The van der Waals surface area contributed by atoms with Crippen molar-refractivity contribution in [3.05, 3.63) is 12.0 Å². The van der Waals surface area contributed by atoms with E-state index in [1.807, 2.05) is 6.20 Å². The highest BCUT2D eigenvalue weighted by molar-refractivity contribution is 7.28. The quantitative estimate of drug-likeness (QED) is 0.572. The third-order valence-electron chi connectivity index (χ3n) is 1.02. The molecule has 0 aliphatic carbocycles. The van der Waals surface area contributed by atoms with Crippen molar-refractivity contribution >= 4 is 16.6 Å². The zero-order valence-corrected chi connectivity index (χ0v) is 7.89. The second kappa shape index (κ2) is 2.23. The van der Waals surface area contributed by atoms with Crippen LogP contribution in [0.3, 0.4) is 0 Å². The molecule has 0 saturated carbocycles. The molecule has 0 fully saturated rings. The Bertz CT molecular complexity index is 177. The zero-order valence-electron chi connectivity index (χ0n) is 6.00.